The van der Waals surface area contributed by atoms with Crippen LogP contribution in [0.15, 0.2) is 54.6 Å². The number of nitrogens with one attached hydrogen (secondary N) is 1. The molecule has 1 atom stereocenters. The van der Waals surface area contributed by atoms with E-state index in [-0.39, 0.29) is 29.6 Å². The molecule has 2 fully saturated rings. The predicted octanol–water partition coefficient (Wildman–Crippen LogP) is 3.58. The van der Waals surface area contributed by atoms with E-state index >= 15 is 0 Å². The number of amides is 2. The molecule has 2 aromatic carbocycles. The standard InChI is InChI=1S/C26H31N3O3/c1-19(28-17-13-21(14-18-28)26(32)29-15-7-8-16-29)25(31)27-23-12-6-5-11-22(23)24(30)20-9-3-2-4-10-20/h2-6,9-12,19,21H,7-8,13-18H2,1H3,(H,27,31). The summed E-state index contributed by atoms with van der Waals surface area (Å²) < 4.78 is 0. The topological polar surface area (TPSA) is 69.7 Å². The Labute approximate surface area is 189 Å². The molecular weight excluding hydrogens is 402 g/mol. The van der Waals surface area contributed by atoms with E-state index < -0.39 is 0 Å². The Hall–Kier alpha value is -2.99. The smallest absolute Gasteiger partial charge is 0.241 e. The molecule has 4 rings (SSSR count). The van der Waals surface area contributed by atoms with Crippen LogP contribution in [0.3, 0.4) is 0 Å². The van der Waals surface area contributed by atoms with Gasteiger partial charge in [0.1, 0.15) is 0 Å². The van der Waals surface area contributed by atoms with Crippen molar-refractivity contribution in [3.8, 4) is 0 Å². The van der Waals surface area contributed by atoms with Gasteiger partial charge in [0.2, 0.25) is 11.8 Å². The largest absolute Gasteiger partial charge is 0.342 e. The van der Waals surface area contributed by atoms with Crippen LogP contribution in [0.5, 0.6) is 0 Å². The van der Waals surface area contributed by atoms with Gasteiger partial charge in [-0.1, -0.05) is 42.5 Å². The number of nitrogens with zero attached hydrogens (tertiary/aromatic N) is 2. The van der Waals surface area contributed by atoms with E-state index in [2.05, 4.69) is 10.2 Å². The minimum Gasteiger partial charge on any atom is -0.342 e. The average molecular weight is 434 g/mol. The van der Waals surface area contributed by atoms with E-state index in [9.17, 15) is 14.4 Å². The quantitative estimate of drug-likeness (QED) is 0.707. The molecule has 0 radical (unpaired) electrons. The van der Waals surface area contributed by atoms with Crippen LogP contribution >= 0.6 is 0 Å². The van der Waals surface area contributed by atoms with E-state index in [4.69, 9.17) is 0 Å². The second kappa shape index (κ2) is 10.1. The van der Waals surface area contributed by atoms with Gasteiger partial charge < -0.3 is 10.2 Å². The zero-order valence-corrected chi connectivity index (χ0v) is 18.6. The fourth-order valence-corrected chi connectivity index (χ4v) is 4.67. The molecular formula is C26H31N3O3. The molecule has 2 heterocycles. The highest BCUT2D eigenvalue weighted by Gasteiger charge is 2.32. The molecule has 0 aliphatic carbocycles. The number of anilines is 1. The molecule has 1 N–H and O–H groups in total. The van der Waals surface area contributed by atoms with E-state index in [1.54, 1.807) is 30.3 Å². The van der Waals surface area contributed by atoms with Crippen LogP contribution < -0.4 is 5.32 Å². The fraction of sp³-hybridized carbons (Fsp3) is 0.423. The lowest BCUT2D eigenvalue weighted by atomic mass is 9.94. The van der Waals surface area contributed by atoms with Gasteiger partial charge >= 0.3 is 0 Å². The van der Waals surface area contributed by atoms with E-state index in [1.807, 2.05) is 36.1 Å². The van der Waals surface area contributed by atoms with Crippen LogP contribution in [0, 0.1) is 5.92 Å². The van der Waals surface area contributed by atoms with Gasteiger partial charge in [-0.25, -0.2) is 0 Å². The number of hydrogen-bond donors (Lipinski definition) is 1. The molecule has 2 aromatic rings. The Morgan fingerprint density at radius 3 is 2.19 bits per heavy atom. The predicted molar refractivity (Wildman–Crippen MR) is 125 cm³/mol. The average Bonchev–Trinajstić information content (AvgIpc) is 3.39. The van der Waals surface area contributed by atoms with Crippen molar-refractivity contribution in [3.63, 3.8) is 0 Å². The summed E-state index contributed by atoms with van der Waals surface area (Å²) in [5.41, 5.74) is 1.60. The summed E-state index contributed by atoms with van der Waals surface area (Å²) in [5.74, 6) is 0.106. The lowest BCUT2D eigenvalue weighted by molar-refractivity contribution is -0.136. The maximum absolute atomic E-state index is 13.0. The van der Waals surface area contributed by atoms with Crippen LogP contribution in [0.1, 0.15) is 48.5 Å². The summed E-state index contributed by atoms with van der Waals surface area (Å²) in [6.45, 7) is 5.12. The number of ketones is 1. The van der Waals surface area contributed by atoms with Crippen molar-refractivity contribution in [1.82, 2.24) is 9.80 Å². The van der Waals surface area contributed by atoms with Gasteiger partial charge in [-0.15, -0.1) is 0 Å². The first kappa shape index (κ1) is 22.2. The Kier molecular flexibility index (Phi) is 7.00. The zero-order valence-electron chi connectivity index (χ0n) is 18.6. The molecule has 168 valence electrons. The highest BCUT2D eigenvalue weighted by molar-refractivity contribution is 6.14. The second-order valence-corrected chi connectivity index (χ2v) is 8.75. The zero-order chi connectivity index (χ0) is 22.5. The maximum Gasteiger partial charge on any atom is 0.241 e. The highest BCUT2D eigenvalue weighted by Crippen LogP contribution is 2.24. The Morgan fingerprint density at radius 2 is 1.50 bits per heavy atom. The van der Waals surface area contributed by atoms with Crippen LogP contribution in [0.4, 0.5) is 5.69 Å². The van der Waals surface area contributed by atoms with Gasteiger partial charge in [0.05, 0.1) is 11.7 Å². The van der Waals surface area contributed by atoms with Crippen molar-refractivity contribution in [2.24, 2.45) is 5.92 Å². The third kappa shape index (κ3) is 4.91. The Bertz CT molecular complexity index is 961. The van der Waals surface area contributed by atoms with Crippen LogP contribution in [0.25, 0.3) is 0 Å². The summed E-state index contributed by atoms with van der Waals surface area (Å²) in [6.07, 6.45) is 3.79. The van der Waals surface area contributed by atoms with Crippen molar-refractivity contribution >= 4 is 23.3 Å². The molecule has 2 aliphatic heterocycles. The fourth-order valence-electron chi connectivity index (χ4n) is 4.67. The van der Waals surface area contributed by atoms with E-state index in [0.29, 0.717) is 16.8 Å². The molecule has 6 heteroatoms. The number of para-hydroxylation sites is 1. The van der Waals surface area contributed by atoms with Crippen molar-refractivity contribution in [2.75, 3.05) is 31.5 Å². The number of carbonyl (C=O) groups is 3. The highest BCUT2D eigenvalue weighted by atomic mass is 16.2. The normalized spacial score (nSPS) is 18.3. The first-order valence-corrected chi connectivity index (χ1v) is 11.6. The van der Waals surface area contributed by atoms with Crippen molar-refractivity contribution in [1.29, 1.82) is 0 Å². The molecule has 0 bridgehead atoms. The van der Waals surface area contributed by atoms with Crippen LogP contribution in [-0.4, -0.2) is 59.6 Å². The first-order valence-electron chi connectivity index (χ1n) is 11.6. The summed E-state index contributed by atoms with van der Waals surface area (Å²) in [5, 5.41) is 2.96. The molecule has 2 aliphatic rings. The monoisotopic (exact) mass is 433 g/mol. The van der Waals surface area contributed by atoms with Gasteiger partial charge in [0.15, 0.2) is 5.78 Å². The second-order valence-electron chi connectivity index (χ2n) is 8.75. The molecule has 2 amide bonds. The third-order valence-corrected chi connectivity index (χ3v) is 6.69. The molecule has 1 unspecified atom stereocenters. The molecule has 0 saturated carbocycles. The number of benzene rings is 2. The van der Waals surface area contributed by atoms with Gasteiger partial charge in [-0.2, -0.15) is 0 Å². The van der Waals surface area contributed by atoms with Gasteiger partial charge in [-0.05, 0) is 57.8 Å². The molecule has 0 aromatic heterocycles. The first-order chi connectivity index (χ1) is 15.5. The van der Waals surface area contributed by atoms with Crippen LogP contribution in [0.2, 0.25) is 0 Å². The summed E-state index contributed by atoms with van der Waals surface area (Å²) in [4.78, 5) is 42.7. The molecule has 0 spiro atoms. The summed E-state index contributed by atoms with van der Waals surface area (Å²) in [7, 11) is 0. The number of likely N-dealkylation sites (tertiary alicyclic amines) is 2. The van der Waals surface area contributed by atoms with Gasteiger partial charge in [-0.3, -0.25) is 19.3 Å². The number of piperidine rings is 1. The SMILES string of the molecule is CC(C(=O)Nc1ccccc1C(=O)c1ccccc1)N1CCC(C(=O)N2CCCC2)CC1. The summed E-state index contributed by atoms with van der Waals surface area (Å²) >= 11 is 0. The summed E-state index contributed by atoms with van der Waals surface area (Å²) in [6, 6.07) is 15.9. The van der Waals surface area contributed by atoms with Crippen molar-refractivity contribution < 1.29 is 14.4 Å². The molecule has 6 nitrogen and oxygen atoms in total. The Morgan fingerprint density at radius 1 is 0.875 bits per heavy atom. The van der Waals surface area contributed by atoms with E-state index in [0.717, 1.165) is 51.9 Å². The minimum atomic E-state index is -0.335. The maximum atomic E-state index is 13.0. The third-order valence-electron chi connectivity index (χ3n) is 6.69. The number of carbonyl (C=O) groups excluding carboxylic acids is 3. The Balaban J connectivity index is 1.36. The lowest BCUT2D eigenvalue weighted by Crippen LogP contribution is -2.48. The van der Waals surface area contributed by atoms with Gasteiger partial charge in [0, 0.05) is 30.1 Å². The van der Waals surface area contributed by atoms with Gasteiger partial charge in [0.25, 0.3) is 0 Å². The number of rotatable bonds is 6. The molecule has 32 heavy (non-hydrogen) atoms. The van der Waals surface area contributed by atoms with Crippen molar-refractivity contribution in [2.45, 2.75) is 38.6 Å². The molecule has 2 saturated heterocycles. The van der Waals surface area contributed by atoms with Crippen LogP contribution in [-0.2, 0) is 9.59 Å². The van der Waals surface area contributed by atoms with Crippen molar-refractivity contribution in [3.05, 3.63) is 65.7 Å². The minimum absolute atomic E-state index is 0.0730. The lowest BCUT2D eigenvalue weighted by Gasteiger charge is -2.36. The number of hydrogen-bond acceptors (Lipinski definition) is 4. The van der Waals surface area contributed by atoms with E-state index in [1.165, 1.54) is 0 Å².